The predicted octanol–water partition coefficient (Wildman–Crippen LogP) is 11.2. The average molecular weight is 732 g/mol. The lowest BCUT2D eigenvalue weighted by atomic mass is 10.0. The predicted molar refractivity (Wildman–Crippen MR) is 212 cm³/mol. The van der Waals surface area contributed by atoms with Crippen LogP contribution >= 0.6 is 7.82 Å². The van der Waals surface area contributed by atoms with Crippen molar-refractivity contribution >= 4 is 13.7 Å². The van der Waals surface area contributed by atoms with Gasteiger partial charge in [-0.15, -0.1) is 0 Å². The number of aliphatic hydroxyl groups excluding tert-OH is 1. The number of phosphoric ester groups is 1. The van der Waals surface area contributed by atoms with Gasteiger partial charge in [0.25, 0.3) is 0 Å². The molecular weight excluding hydrogens is 647 g/mol. The molecule has 0 fully saturated rings. The Bertz CT molecular complexity index is 834. The summed E-state index contributed by atoms with van der Waals surface area (Å²) in [7, 11) is 1.58. The third-order valence-corrected chi connectivity index (χ3v) is 10.5. The molecule has 3 atom stereocenters. The summed E-state index contributed by atoms with van der Waals surface area (Å²) >= 11 is 0. The van der Waals surface area contributed by atoms with Crippen LogP contribution in [0.15, 0.2) is 12.2 Å². The zero-order chi connectivity index (χ0) is 37.2. The molecule has 298 valence electrons. The Morgan fingerprint density at radius 3 is 1.48 bits per heavy atom. The lowest BCUT2D eigenvalue weighted by Gasteiger charge is -2.25. The van der Waals surface area contributed by atoms with Gasteiger partial charge in [-0.2, -0.15) is 0 Å². The van der Waals surface area contributed by atoms with E-state index < -0.39 is 20.0 Å². The number of phosphoric acid groups is 1. The zero-order valence-electron chi connectivity index (χ0n) is 33.7. The molecule has 0 aromatic rings. The summed E-state index contributed by atoms with van der Waals surface area (Å²) in [5, 5.41) is 13.8. The number of aliphatic hydroxyl groups is 1. The van der Waals surface area contributed by atoms with Crippen molar-refractivity contribution in [3.05, 3.63) is 12.2 Å². The lowest BCUT2D eigenvalue weighted by Crippen LogP contribution is -2.45. The minimum atomic E-state index is -4.33. The van der Waals surface area contributed by atoms with Crippen LogP contribution in [-0.2, 0) is 18.4 Å². The van der Waals surface area contributed by atoms with E-state index in [2.05, 4.69) is 19.2 Å². The Labute approximate surface area is 310 Å². The highest BCUT2D eigenvalue weighted by Crippen LogP contribution is 2.43. The summed E-state index contributed by atoms with van der Waals surface area (Å²) in [6, 6.07) is -0.838. The fourth-order valence-electron chi connectivity index (χ4n) is 6.10. The molecule has 0 aromatic carbocycles. The second-order valence-electron chi connectivity index (χ2n) is 15.7. The van der Waals surface area contributed by atoms with E-state index in [4.69, 9.17) is 9.05 Å². The van der Waals surface area contributed by atoms with E-state index in [0.717, 1.165) is 38.5 Å². The first-order chi connectivity index (χ1) is 24.0. The first-order valence-corrected chi connectivity index (χ1v) is 22.6. The van der Waals surface area contributed by atoms with Gasteiger partial charge in [0.15, 0.2) is 0 Å². The second-order valence-corrected chi connectivity index (χ2v) is 17.2. The number of quaternary nitrogens is 1. The molecule has 0 saturated heterocycles. The first kappa shape index (κ1) is 49.2. The Kier molecular flexibility index (Phi) is 33.5. The maximum Gasteiger partial charge on any atom is 0.472 e. The molecule has 0 heterocycles. The van der Waals surface area contributed by atoms with E-state index in [1.165, 1.54) is 135 Å². The van der Waals surface area contributed by atoms with Crippen LogP contribution in [0.3, 0.4) is 0 Å². The molecule has 0 saturated carbocycles. The molecule has 1 amide bonds. The Morgan fingerprint density at radius 2 is 1.06 bits per heavy atom. The SMILES string of the molecule is CCCCCCCCCCCCCCC/C=C/C(O)C(COP(=O)(O)OCC[N+](C)(C)C)NC(=O)CCCCCCCCCCCCCCC. The minimum Gasteiger partial charge on any atom is -0.387 e. The summed E-state index contributed by atoms with van der Waals surface area (Å²) in [5.41, 5.74) is 0. The number of nitrogens with zero attached hydrogens (tertiary/aromatic N) is 1. The molecule has 0 aliphatic rings. The van der Waals surface area contributed by atoms with Gasteiger partial charge >= 0.3 is 7.82 Å². The summed E-state index contributed by atoms with van der Waals surface area (Å²) in [5.74, 6) is -0.177. The quantitative estimate of drug-likeness (QED) is 0.0253. The molecule has 0 rings (SSSR count). The largest absolute Gasteiger partial charge is 0.472 e. The molecule has 0 aliphatic carbocycles. The Morgan fingerprint density at radius 1 is 0.660 bits per heavy atom. The molecule has 0 aliphatic heterocycles. The number of hydrogen-bond donors (Lipinski definition) is 3. The van der Waals surface area contributed by atoms with Crippen LogP contribution in [0, 0.1) is 0 Å². The Balaban J connectivity index is 4.46. The number of unbranched alkanes of at least 4 members (excludes halogenated alkanes) is 25. The van der Waals surface area contributed by atoms with Gasteiger partial charge < -0.3 is 19.8 Å². The van der Waals surface area contributed by atoms with Crippen LogP contribution < -0.4 is 5.32 Å². The van der Waals surface area contributed by atoms with Crippen LogP contribution in [0.1, 0.15) is 194 Å². The number of carbonyl (C=O) groups is 1. The molecule has 50 heavy (non-hydrogen) atoms. The van der Waals surface area contributed by atoms with Crippen molar-refractivity contribution in [3.63, 3.8) is 0 Å². The molecule has 0 spiro atoms. The van der Waals surface area contributed by atoms with Crippen molar-refractivity contribution in [2.45, 2.75) is 206 Å². The highest BCUT2D eigenvalue weighted by Gasteiger charge is 2.27. The van der Waals surface area contributed by atoms with E-state index in [1.54, 1.807) is 6.08 Å². The number of carbonyl (C=O) groups excluding carboxylic acids is 1. The van der Waals surface area contributed by atoms with Gasteiger partial charge in [0.1, 0.15) is 13.2 Å². The number of allylic oxidation sites excluding steroid dienone is 1. The van der Waals surface area contributed by atoms with E-state index in [1.807, 2.05) is 27.2 Å². The third kappa shape index (κ3) is 35.6. The third-order valence-electron chi connectivity index (χ3n) is 9.51. The van der Waals surface area contributed by atoms with E-state index in [9.17, 15) is 19.4 Å². The normalized spacial score (nSPS) is 14.6. The smallest absolute Gasteiger partial charge is 0.387 e. The highest BCUT2D eigenvalue weighted by molar-refractivity contribution is 7.47. The van der Waals surface area contributed by atoms with E-state index in [0.29, 0.717) is 17.4 Å². The molecule has 3 unspecified atom stereocenters. The van der Waals surface area contributed by atoms with Crippen LogP contribution in [0.2, 0.25) is 0 Å². The molecule has 9 heteroatoms. The minimum absolute atomic E-state index is 0.0644. The van der Waals surface area contributed by atoms with Crippen LogP contribution in [-0.4, -0.2) is 73.4 Å². The molecule has 0 radical (unpaired) electrons. The van der Waals surface area contributed by atoms with E-state index >= 15 is 0 Å². The Hall–Kier alpha value is -0.760. The standard InChI is InChI=1S/C41H83N2O6P/c1-6-8-10-12-14-16-18-20-21-23-24-26-28-30-32-34-40(44)39(38-49-50(46,47)48-37-36-43(3,4)5)42-41(45)35-33-31-29-27-25-22-19-17-15-13-11-9-7-2/h32,34,39-40,44H,6-31,33,35-38H2,1-5H3,(H-,42,45,46,47)/p+1/b34-32+. The topological polar surface area (TPSA) is 105 Å². The number of nitrogens with one attached hydrogen (secondary N) is 1. The van der Waals surface area contributed by atoms with Gasteiger partial charge in [0, 0.05) is 6.42 Å². The second kappa shape index (κ2) is 34.0. The van der Waals surface area contributed by atoms with Crippen molar-refractivity contribution in [2.75, 3.05) is 40.9 Å². The van der Waals surface area contributed by atoms with Gasteiger partial charge in [-0.3, -0.25) is 13.8 Å². The maximum atomic E-state index is 12.8. The zero-order valence-corrected chi connectivity index (χ0v) is 34.5. The lowest BCUT2D eigenvalue weighted by molar-refractivity contribution is -0.870. The van der Waals surface area contributed by atoms with Crippen molar-refractivity contribution < 1.29 is 32.9 Å². The summed E-state index contributed by atoms with van der Waals surface area (Å²) < 4.78 is 23.5. The van der Waals surface area contributed by atoms with Crippen molar-refractivity contribution in [2.24, 2.45) is 0 Å². The van der Waals surface area contributed by atoms with Gasteiger partial charge in [-0.05, 0) is 19.3 Å². The summed E-state index contributed by atoms with van der Waals surface area (Å²) in [6.45, 7) is 4.81. The van der Waals surface area contributed by atoms with Crippen molar-refractivity contribution in [1.82, 2.24) is 5.32 Å². The number of hydrogen-bond acceptors (Lipinski definition) is 5. The number of amides is 1. The van der Waals surface area contributed by atoms with Gasteiger partial charge in [0.05, 0.1) is 39.9 Å². The number of rotatable bonds is 38. The first-order valence-electron chi connectivity index (χ1n) is 21.1. The summed E-state index contributed by atoms with van der Waals surface area (Å²) in [4.78, 5) is 23.0. The van der Waals surface area contributed by atoms with Gasteiger partial charge in [0.2, 0.25) is 5.91 Å². The molecule has 0 bridgehead atoms. The molecular formula is C41H84N2O6P+. The van der Waals surface area contributed by atoms with Crippen LogP contribution in [0.5, 0.6) is 0 Å². The fourth-order valence-corrected chi connectivity index (χ4v) is 6.84. The maximum absolute atomic E-state index is 12.8. The fraction of sp³-hybridized carbons (Fsp3) is 0.927. The van der Waals surface area contributed by atoms with Gasteiger partial charge in [-0.1, -0.05) is 180 Å². The average Bonchev–Trinajstić information content (AvgIpc) is 3.06. The highest BCUT2D eigenvalue weighted by atomic mass is 31.2. The van der Waals surface area contributed by atoms with Crippen molar-refractivity contribution in [1.29, 1.82) is 0 Å². The number of likely N-dealkylation sites (N-methyl/N-ethyl adjacent to an activating group) is 1. The summed E-state index contributed by atoms with van der Waals surface area (Å²) in [6.07, 6.45) is 36.9. The molecule has 0 aromatic heterocycles. The van der Waals surface area contributed by atoms with Crippen LogP contribution in [0.4, 0.5) is 0 Å². The van der Waals surface area contributed by atoms with Crippen LogP contribution in [0.25, 0.3) is 0 Å². The monoisotopic (exact) mass is 732 g/mol. The van der Waals surface area contributed by atoms with Crippen molar-refractivity contribution in [3.8, 4) is 0 Å². The molecule has 8 nitrogen and oxygen atoms in total. The van der Waals surface area contributed by atoms with Gasteiger partial charge in [-0.25, -0.2) is 4.57 Å². The molecule has 3 N–H and O–H groups in total. The van der Waals surface area contributed by atoms with E-state index in [-0.39, 0.29) is 19.1 Å².